The lowest BCUT2D eigenvalue weighted by molar-refractivity contribution is 0.414. The molecule has 0 aliphatic carbocycles. The maximum atomic E-state index is 6.71. The summed E-state index contributed by atoms with van der Waals surface area (Å²) in [6, 6.07) is 53.3. The van der Waals surface area contributed by atoms with Gasteiger partial charge >= 0.3 is 0 Å². The van der Waals surface area contributed by atoms with Gasteiger partial charge < -0.3 is 14.2 Å². The first-order valence-electron chi connectivity index (χ1n) is 14.5. The predicted molar refractivity (Wildman–Crippen MR) is 172 cm³/mol. The number of benzene rings is 6. The molecule has 0 N–H and O–H groups in total. The van der Waals surface area contributed by atoms with Gasteiger partial charge in [0.1, 0.15) is 23.0 Å². The van der Waals surface area contributed by atoms with Crippen molar-refractivity contribution >= 4 is 0 Å². The highest BCUT2D eigenvalue weighted by Gasteiger charge is 2.43. The zero-order valence-electron chi connectivity index (χ0n) is 24.2. The number of methoxy groups -OCH3 is 2. The molecule has 0 saturated heterocycles. The van der Waals surface area contributed by atoms with Gasteiger partial charge in [-0.25, -0.2) is 0 Å². The predicted octanol–water partition coefficient (Wildman–Crippen LogP) is 9.37. The minimum atomic E-state index is -0.687. The molecular formula is C40H32O3. The standard InChI is InChI=1S/C40H32O3/c1-41-32-24-20-30(21-25-32)40(29-14-7-4-8-15-29,31-22-26-33(42-2)27-23-31)35-17-11-19-37-39(35)38(28-12-5-3-6-13-28)34-16-9-10-18-36(34)43-37/h3-27,38H,1-2H3. The summed E-state index contributed by atoms with van der Waals surface area (Å²) in [5.74, 6) is 3.36. The molecule has 0 saturated carbocycles. The highest BCUT2D eigenvalue weighted by Crippen LogP contribution is 2.55. The second-order valence-corrected chi connectivity index (χ2v) is 10.8. The maximum Gasteiger partial charge on any atom is 0.131 e. The fraction of sp³-hybridized carbons (Fsp3) is 0.100. The van der Waals surface area contributed by atoms with Gasteiger partial charge in [-0.3, -0.25) is 0 Å². The van der Waals surface area contributed by atoms with Gasteiger partial charge in [-0.1, -0.05) is 115 Å². The Hall–Kier alpha value is -5.28. The van der Waals surface area contributed by atoms with E-state index in [0.717, 1.165) is 56.4 Å². The van der Waals surface area contributed by atoms with Crippen LogP contribution in [0.2, 0.25) is 0 Å². The summed E-state index contributed by atoms with van der Waals surface area (Å²) in [6.45, 7) is 0. The van der Waals surface area contributed by atoms with Gasteiger partial charge in [0.2, 0.25) is 0 Å². The molecule has 6 aromatic rings. The lowest BCUT2D eigenvalue weighted by atomic mass is 9.62. The molecule has 0 aromatic heterocycles. The fourth-order valence-corrected chi connectivity index (χ4v) is 6.67. The van der Waals surface area contributed by atoms with Crippen molar-refractivity contribution in [1.82, 2.24) is 0 Å². The Balaban J connectivity index is 1.62. The summed E-state index contributed by atoms with van der Waals surface area (Å²) >= 11 is 0. The SMILES string of the molecule is COc1ccc(C(c2ccccc2)(c2ccc(OC)cc2)c2cccc3c2C(c2ccccc2)c2ccccc2O3)cc1. The van der Waals surface area contributed by atoms with Gasteiger partial charge in [0.15, 0.2) is 0 Å². The summed E-state index contributed by atoms with van der Waals surface area (Å²) in [4.78, 5) is 0. The van der Waals surface area contributed by atoms with Crippen LogP contribution in [0.3, 0.4) is 0 Å². The van der Waals surface area contributed by atoms with E-state index in [0.29, 0.717) is 0 Å². The third kappa shape index (κ3) is 4.45. The van der Waals surface area contributed by atoms with E-state index in [9.17, 15) is 0 Å². The van der Waals surface area contributed by atoms with Crippen molar-refractivity contribution in [2.45, 2.75) is 11.3 Å². The highest BCUT2D eigenvalue weighted by molar-refractivity contribution is 5.69. The van der Waals surface area contributed by atoms with Gasteiger partial charge in [0.05, 0.1) is 19.6 Å². The average Bonchev–Trinajstić information content (AvgIpc) is 3.09. The van der Waals surface area contributed by atoms with Crippen molar-refractivity contribution in [3.63, 3.8) is 0 Å². The van der Waals surface area contributed by atoms with Crippen molar-refractivity contribution < 1.29 is 14.2 Å². The van der Waals surface area contributed by atoms with Crippen LogP contribution in [0, 0.1) is 0 Å². The molecule has 1 atom stereocenters. The monoisotopic (exact) mass is 560 g/mol. The van der Waals surface area contributed by atoms with Crippen LogP contribution in [0.25, 0.3) is 0 Å². The van der Waals surface area contributed by atoms with Crippen molar-refractivity contribution in [3.8, 4) is 23.0 Å². The molecule has 7 rings (SSSR count). The Kier molecular flexibility index (Phi) is 6.92. The van der Waals surface area contributed by atoms with Crippen LogP contribution in [0.5, 0.6) is 23.0 Å². The molecule has 3 heteroatoms. The van der Waals surface area contributed by atoms with Crippen LogP contribution in [0.1, 0.15) is 44.9 Å². The molecule has 43 heavy (non-hydrogen) atoms. The van der Waals surface area contributed by atoms with Crippen molar-refractivity contribution in [2.75, 3.05) is 14.2 Å². The number of rotatable bonds is 7. The smallest absolute Gasteiger partial charge is 0.131 e. The molecule has 6 aromatic carbocycles. The van der Waals surface area contributed by atoms with E-state index in [-0.39, 0.29) is 5.92 Å². The Morgan fingerprint density at radius 3 is 1.60 bits per heavy atom. The molecule has 1 aliphatic heterocycles. The van der Waals surface area contributed by atoms with Crippen LogP contribution in [0.15, 0.2) is 152 Å². The molecule has 0 amide bonds. The zero-order valence-corrected chi connectivity index (χ0v) is 24.2. The first-order chi connectivity index (χ1) is 21.2. The van der Waals surface area contributed by atoms with E-state index >= 15 is 0 Å². The second-order valence-electron chi connectivity index (χ2n) is 10.8. The number of ether oxygens (including phenoxy) is 3. The van der Waals surface area contributed by atoms with E-state index in [4.69, 9.17) is 14.2 Å². The summed E-state index contributed by atoms with van der Waals surface area (Å²) < 4.78 is 17.9. The minimum Gasteiger partial charge on any atom is -0.497 e. The summed E-state index contributed by atoms with van der Waals surface area (Å²) in [7, 11) is 3.41. The van der Waals surface area contributed by atoms with Crippen molar-refractivity contribution in [3.05, 3.63) is 191 Å². The molecule has 1 heterocycles. The van der Waals surface area contributed by atoms with Gasteiger partial charge in [0.25, 0.3) is 0 Å². The number of para-hydroxylation sites is 1. The van der Waals surface area contributed by atoms with Crippen LogP contribution in [-0.4, -0.2) is 14.2 Å². The van der Waals surface area contributed by atoms with Crippen LogP contribution < -0.4 is 14.2 Å². The first kappa shape index (κ1) is 26.6. The largest absolute Gasteiger partial charge is 0.497 e. The topological polar surface area (TPSA) is 27.7 Å². The van der Waals surface area contributed by atoms with E-state index < -0.39 is 5.41 Å². The Bertz CT molecular complexity index is 1800. The molecule has 0 bridgehead atoms. The maximum absolute atomic E-state index is 6.71. The molecule has 0 radical (unpaired) electrons. The highest BCUT2D eigenvalue weighted by atomic mass is 16.5. The third-order valence-electron chi connectivity index (χ3n) is 8.59. The van der Waals surface area contributed by atoms with Crippen LogP contribution >= 0.6 is 0 Å². The number of hydrogen-bond acceptors (Lipinski definition) is 3. The molecule has 210 valence electrons. The summed E-state index contributed by atoms with van der Waals surface area (Å²) in [5.41, 5.74) is 7.42. The Morgan fingerprint density at radius 2 is 1.00 bits per heavy atom. The Labute approximate surface area is 253 Å². The van der Waals surface area contributed by atoms with E-state index in [1.165, 1.54) is 5.56 Å². The van der Waals surface area contributed by atoms with E-state index in [2.05, 4.69) is 121 Å². The van der Waals surface area contributed by atoms with Crippen LogP contribution in [-0.2, 0) is 5.41 Å². The lowest BCUT2D eigenvalue weighted by Crippen LogP contribution is -2.33. The Morgan fingerprint density at radius 1 is 0.488 bits per heavy atom. The summed E-state index contributed by atoms with van der Waals surface area (Å²) in [6.07, 6.45) is 0. The first-order valence-corrected chi connectivity index (χ1v) is 14.5. The molecule has 1 aliphatic rings. The molecule has 3 nitrogen and oxygen atoms in total. The third-order valence-corrected chi connectivity index (χ3v) is 8.59. The number of hydrogen-bond donors (Lipinski definition) is 0. The lowest BCUT2D eigenvalue weighted by Gasteiger charge is -2.41. The zero-order chi connectivity index (χ0) is 29.2. The molecule has 0 fully saturated rings. The number of fused-ring (bicyclic) bond motifs is 2. The van der Waals surface area contributed by atoms with E-state index in [1.54, 1.807) is 14.2 Å². The van der Waals surface area contributed by atoms with Crippen molar-refractivity contribution in [2.24, 2.45) is 0 Å². The average molecular weight is 561 g/mol. The summed E-state index contributed by atoms with van der Waals surface area (Å²) in [5, 5.41) is 0. The van der Waals surface area contributed by atoms with E-state index in [1.807, 2.05) is 30.3 Å². The van der Waals surface area contributed by atoms with Crippen molar-refractivity contribution in [1.29, 1.82) is 0 Å². The van der Waals surface area contributed by atoms with Gasteiger partial charge in [-0.15, -0.1) is 0 Å². The second kappa shape index (κ2) is 11.2. The fourth-order valence-electron chi connectivity index (χ4n) is 6.67. The van der Waals surface area contributed by atoms with Gasteiger partial charge in [0, 0.05) is 17.0 Å². The minimum absolute atomic E-state index is 0.0306. The van der Waals surface area contributed by atoms with Gasteiger partial charge in [-0.05, 0) is 64.2 Å². The van der Waals surface area contributed by atoms with Crippen LogP contribution in [0.4, 0.5) is 0 Å². The molecule has 0 spiro atoms. The molecular weight excluding hydrogens is 528 g/mol. The van der Waals surface area contributed by atoms with Gasteiger partial charge in [-0.2, -0.15) is 0 Å². The quantitative estimate of drug-likeness (QED) is 0.182. The molecule has 1 unspecified atom stereocenters. The normalized spacial score (nSPS) is 13.8.